The van der Waals surface area contributed by atoms with Crippen LogP contribution in [0.1, 0.15) is 11.3 Å². The van der Waals surface area contributed by atoms with Gasteiger partial charge in [-0.05, 0) is 18.6 Å². The molecule has 0 bridgehead atoms. The highest BCUT2D eigenvalue weighted by Crippen LogP contribution is 2.20. The van der Waals surface area contributed by atoms with Gasteiger partial charge in [-0.3, -0.25) is 4.68 Å². The summed E-state index contributed by atoms with van der Waals surface area (Å²) in [4.78, 5) is 0. The molecule has 0 saturated heterocycles. The second kappa shape index (κ2) is 3.14. The van der Waals surface area contributed by atoms with Gasteiger partial charge in [0.1, 0.15) is 0 Å². The van der Waals surface area contributed by atoms with E-state index in [-0.39, 0.29) is 0 Å². The first-order valence-corrected chi connectivity index (χ1v) is 5.32. The average Bonchev–Trinajstić information content (AvgIpc) is 2.39. The summed E-state index contributed by atoms with van der Waals surface area (Å²) in [7, 11) is 1.98. The molecule has 0 fully saturated rings. The van der Waals surface area contributed by atoms with Gasteiger partial charge >= 0.3 is 0 Å². The number of alkyl halides is 1. The minimum Gasteiger partial charge on any atom is -0.271 e. The van der Waals surface area contributed by atoms with Crippen LogP contribution in [0.5, 0.6) is 0 Å². The lowest BCUT2D eigenvalue weighted by Gasteiger charge is -1.95. The van der Waals surface area contributed by atoms with Gasteiger partial charge in [-0.1, -0.05) is 28.1 Å². The topological polar surface area (TPSA) is 17.8 Å². The summed E-state index contributed by atoms with van der Waals surface area (Å²) in [6, 6.07) is 6.37. The van der Waals surface area contributed by atoms with Crippen LogP contribution in [0.25, 0.3) is 10.9 Å². The Kier molecular flexibility index (Phi) is 2.12. The zero-order valence-corrected chi connectivity index (χ0v) is 9.30. The summed E-state index contributed by atoms with van der Waals surface area (Å²) in [5.41, 5.74) is 3.57. The van der Waals surface area contributed by atoms with Crippen molar-refractivity contribution >= 4 is 26.8 Å². The van der Waals surface area contributed by atoms with Crippen molar-refractivity contribution in [1.29, 1.82) is 0 Å². The first-order valence-electron chi connectivity index (χ1n) is 4.20. The fourth-order valence-corrected chi connectivity index (χ4v) is 2.19. The Balaban J connectivity index is 2.79. The molecule has 0 spiro atoms. The molecular weight excluding hydrogens is 228 g/mol. The van der Waals surface area contributed by atoms with Crippen molar-refractivity contribution in [2.45, 2.75) is 12.3 Å². The highest BCUT2D eigenvalue weighted by molar-refractivity contribution is 9.08. The highest BCUT2D eigenvalue weighted by Gasteiger charge is 2.06. The third kappa shape index (κ3) is 1.37. The van der Waals surface area contributed by atoms with Crippen molar-refractivity contribution in [2.24, 2.45) is 7.05 Å². The molecular formula is C10H11BrN2. The van der Waals surface area contributed by atoms with Crippen LogP contribution in [0, 0.1) is 6.92 Å². The molecule has 0 aliphatic rings. The van der Waals surface area contributed by atoms with E-state index < -0.39 is 0 Å². The number of nitrogens with zero attached hydrogens (tertiary/aromatic N) is 2. The van der Waals surface area contributed by atoms with E-state index in [9.17, 15) is 0 Å². The summed E-state index contributed by atoms with van der Waals surface area (Å²) in [6.07, 6.45) is 0. The molecule has 2 aromatic rings. The van der Waals surface area contributed by atoms with Gasteiger partial charge in [0, 0.05) is 17.8 Å². The van der Waals surface area contributed by atoms with E-state index in [1.807, 2.05) is 11.7 Å². The lowest BCUT2D eigenvalue weighted by molar-refractivity contribution is 0.748. The summed E-state index contributed by atoms with van der Waals surface area (Å²) < 4.78 is 1.93. The lowest BCUT2D eigenvalue weighted by atomic mass is 10.1. The predicted octanol–water partition coefficient (Wildman–Crippen LogP) is 2.78. The van der Waals surface area contributed by atoms with Crippen molar-refractivity contribution < 1.29 is 0 Å². The number of aromatic nitrogens is 2. The Morgan fingerprint density at radius 3 is 2.92 bits per heavy atom. The van der Waals surface area contributed by atoms with Gasteiger partial charge in [-0.15, -0.1) is 0 Å². The number of rotatable bonds is 1. The number of hydrogen-bond acceptors (Lipinski definition) is 1. The SMILES string of the molecule is Cc1ccc2c(CBr)n(C)nc2c1. The molecule has 0 radical (unpaired) electrons. The maximum atomic E-state index is 4.43. The van der Waals surface area contributed by atoms with Crippen molar-refractivity contribution in [3.63, 3.8) is 0 Å². The molecule has 1 aromatic carbocycles. The molecule has 0 aliphatic heterocycles. The molecule has 0 unspecified atom stereocenters. The van der Waals surface area contributed by atoms with Crippen molar-refractivity contribution in [3.05, 3.63) is 29.5 Å². The first kappa shape index (κ1) is 8.75. The van der Waals surface area contributed by atoms with Gasteiger partial charge in [-0.25, -0.2) is 0 Å². The van der Waals surface area contributed by atoms with Gasteiger partial charge < -0.3 is 0 Å². The van der Waals surface area contributed by atoms with Crippen molar-refractivity contribution in [2.75, 3.05) is 0 Å². The third-order valence-corrected chi connectivity index (χ3v) is 2.77. The van der Waals surface area contributed by atoms with E-state index in [4.69, 9.17) is 0 Å². The van der Waals surface area contributed by atoms with Crippen molar-refractivity contribution in [1.82, 2.24) is 9.78 Å². The number of fused-ring (bicyclic) bond motifs is 1. The third-order valence-electron chi connectivity index (χ3n) is 2.24. The molecule has 1 aromatic heterocycles. The van der Waals surface area contributed by atoms with Crippen LogP contribution in [-0.2, 0) is 12.4 Å². The van der Waals surface area contributed by atoms with Gasteiger partial charge in [0.2, 0.25) is 0 Å². The predicted molar refractivity (Wildman–Crippen MR) is 58.1 cm³/mol. The molecule has 1 heterocycles. The summed E-state index contributed by atoms with van der Waals surface area (Å²) in [6.45, 7) is 2.09. The van der Waals surface area contributed by atoms with Crippen molar-refractivity contribution in [3.8, 4) is 0 Å². The minimum absolute atomic E-state index is 0.850. The quantitative estimate of drug-likeness (QED) is 0.699. The Morgan fingerprint density at radius 1 is 1.46 bits per heavy atom. The minimum atomic E-state index is 0.850. The molecule has 3 heteroatoms. The second-order valence-corrected chi connectivity index (χ2v) is 3.79. The summed E-state index contributed by atoms with van der Waals surface area (Å²) >= 11 is 3.47. The summed E-state index contributed by atoms with van der Waals surface area (Å²) in [5.74, 6) is 0. The van der Waals surface area contributed by atoms with Crippen LogP contribution in [0.3, 0.4) is 0 Å². The largest absolute Gasteiger partial charge is 0.271 e. The molecule has 68 valence electrons. The summed E-state index contributed by atoms with van der Waals surface area (Å²) in [5, 5.41) is 6.52. The Morgan fingerprint density at radius 2 is 2.23 bits per heavy atom. The van der Waals surface area contributed by atoms with E-state index in [1.165, 1.54) is 16.6 Å². The molecule has 13 heavy (non-hydrogen) atoms. The lowest BCUT2D eigenvalue weighted by Crippen LogP contribution is -1.94. The molecule has 0 aliphatic carbocycles. The first-order chi connectivity index (χ1) is 6.22. The van der Waals surface area contributed by atoms with Crippen LogP contribution < -0.4 is 0 Å². The number of halogens is 1. The molecule has 0 amide bonds. The smallest absolute Gasteiger partial charge is 0.0929 e. The van der Waals surface area contributed by atoms with E-state index in [0.29, 0.717) is 0 Å². The normalized spacial score (nSPS) is 11.0. The molecule has 0 N–H and O–H groups in total. The number of hydrogen-bond donors (Lipinski definition) is 0. The van der Waals surface area contributed by atoms with Gasteiger partial charge in [0.05, 0.1) is 11.2 Å². The van der Waals surface area contributed by atoms with E-state index in [1.54, 1.807) is 0 Å². The molecule has 0 saturated carbocycles. The monoisotopic (exact) mass is 238 g/mol. The standard InChI is InChI=1S/C10H11BrN2/c1-7-3-4-8-9(5-7)12-13(2)10(8)6-11/h3-5H,6H2,1-2H3. The van der Waals surface area contributed by atoms with Gasteiger partial charge in [-0.2, -0.15) is 5.10 Å². The van der Waals surface area contributed by atoms with Crippen LogP contribution in [0.4, 0.5) is 0 Å². The zero-order chi connectivity index (χ0) is 9.42. The van der Waals surface area contributed by atoms with Crippen LogP contribution >= 0.6 is 15.9 Å². The molecule has 0 atom stereocenters. The average molecular weight is 239 g/mol. The maximum Gasteiger partial charge on any atom is 0.0929 e. The fraction of sp³-hybridized carbons (Fsp3) is 0.300. The van der Waals surface area contributed by atoms with E-state index >= 15 is 0 Å². The number of benzene rings is 1. The maximum absolute atomic E-state index is 4.43. The fourth-order valence-electron chi connectivity index (χ4n) is 1.52. The Labute approximate surface area is 85.7 Å². The van der Waals surface area contributed by atoms with Crippen LogP contribution in [0.2, 0.25) is 0 Å². The van der Waals surface area contributed by atoms with E-state index in [0.717, 1.165) is 10.8 Å². The molecule has 2 rings (SSSR count). The highest BCUT2D eigenvalue weighted by atomic mass is 79.9. The second-order valence-electron chi connectivity index (χ2n) is 3.22. The van der Waals surface area contributed by atoms with Gasteiger partial charge in [0.15, 0.2) is 0 Å². The molecule has 2 nitrogen and oxygen atoms in total. The Hall–Kier alpha value is -0.830. The van der Waals surface area contributed by atoms with Crippen LogP contribution in [0.15, 0.2) is 18.2 Å². The zero-order valence-electron chi connectivity index (χ0n) is 7.71. The number of aryl methyl sites for hydroxylation is 2. The Bertz CT molecular complexity index is 445. The van der Waals surface area contributed by atoms with Crippen LogP contribution in [-0.4, -0.2) is 9.78 Å². The van der Waals surface area contributed by atoms with Gasteiger partial charge in [0.25, 0.3) is 0 Å². The van der Waals surface area contributed by atoms with E-state index in [2.05, 4.69) is 46.2 Å².